The summed E-state index contributed by atoms with van der Waals surface area (Å²) in [6.07, 6.45) is 3.65. The molecule has 2 heterocycles. The van der Waals surface area contributed by atoms with E-state index in [2.05, 4.69) is 52.3 Å². The van der Waals surface area contributed by atoms with E-state index in [1.807, 2.05) is 30.3 Å². The summed E-state index contributed by atoms with van der Waals surface area (Å²) in [6, 6.07) is 15.7. The Morgan fingerprint density at radius 3 is 2.55 bits per heavy atom. The second-order valence-corrected chi connectivity index (χ2v) is 8.52. The Morgan fingerprint density at radius 1 is 1.03 bits per heavy atom. The molecule has 6 nitrogen and oxygen atoms in total. The predicted molar refractivity (Wildman–Crippen MR) is 125 cm³/mol. The van der Waals surface area contributed by atoms with Crippen molar-refractivity contribution in [3.05, 3.63) is 92.4 Å². The van der Waals surface area contributed by atoms with Crippen LogP contribution in [0.25, 0.3) is 16.8 Å². The Kier molecular flexibility index (Phi) is 6.04. The molecule has 2 aromatic carbocycles. The number of halogens is 1. The highest BCUT2D eigenvalue weighted by molar-refractivity contribution is 9.10. The van der Waals surface area contributed by atoms with Crippen molar-refractivity contribution in [2.24, 2.45) is 0 Å². The monoisotopic (exact) mass is 478 g/mol. The molecule has 0 aliphatic carbocycles. The first-order valence-electron chi connectivity index (χ1n) is 10.1. The molecule has 0 bridgehead atoms. The summed E-state index contributed by atoms with van der Waals surface area (Å²) in [5.41, 5.74) is 5.48. The minimum Gasteiger partial charge on any atom is -0.352 e. The van der Waals surface area contributed by atoms with Gasteiger partial charge in [-0.15, -0.1) is 0 Å². The highest BCUT2D eigenvalue weighted by Gasteiger charge is 2.11. The Balaban J connectivity index is 1.45. The molecule has 4 rings (SSSR count). The van der Waals surface area contributed by atoms with E-state index in [0.717, 1.165) is 21.3 Å². The number of nitrogens with zero attached hydrogens (tertiary/aromatic N) is 3. The molecule has 0 radical (unpaired) electrons. The highest BCUT2D eigenvalue weighted by Crippen LogP contribution is 2.21. The van der Waals surface area contributed by atoms with Crippen molar-refractivity contribution in [2.45, 2.75) is 33.4 Å². The lowest BCUT2D eigenvalue weighted by Crippen LogP contribution is -2.27. The van der Waals surface area contributed by atoms with Gasteiger partial charge < -0.3 is 9.88 Å². The Hall–Kier alpha value is -3.19. The fourth-order valence-corrected chi connectivity index (χ4v) is 3.62. The second kappa shape index (κ2) is 8.89. The number of nitrogens with one attached hydrogen (secondary N) is 1. The van der Waals surface area contributed by atoms with Crippen molar-refractivity contribution in [1.82, 2.24) is 19.5 Å². The molecule has 0 spiro atoms. The highest BCUT2D eigenvalue weighted by atomic mass is 79.9. The molecule has 0 unspecified atom stereocenters. The van der Waals surface area contributed by atoms with Crippen LogP contribution in [0.5, 0.6) is 0 Å². The zero-order chi connectivity index (χ0) is 22.0. The van der Waals surface area contributed by atoms with Crippen LogP contribution in [0.2, 0.25) is 0 Å². The van der Waals surface area contributed by atoms with E-state index < -0.39 is 0 Å². The number of hydrogen-bond donors (Lipinski definition) is 1. The minimum absolute atomic E-state index is 0.0981. The van der Waals surface area contributed by atoms with Gasteiger partial charge in [-0.05, 0) is 54.8 Å². The van der Waals surface area contributed by atoms with Crippen LogP contribution in [-0.2, 0) is 17.9 Å². The lowest BCUT2D eigenvalue weighted by atomic mass is 10.0. The van der Waals surface area contributed by atoms with Crippen molar-refractivity contribution < 1.29 is 4.79 Å². The van der Waals surface area contributed by atoms with E-state index in [4.69, 9.17) is 0 Å². The fraction of sp³-hybridized carbons (Fsp3) is 0.208. The normalized spacial score (nSPS) is 11.1. The molecule has 0 aliphatic rings. The van der Waals surface area contributed by atoms with Crippen molar-refractivity contribution in [1.29, 1.82) is 0 Å². The number of aromatic nitrogens is 3. The zero-order valence-electron chi connectivity index (χ0n) is 17.4. The molecule has 31 heavy (non-hydrogen) atoms. The van der Waals surface area contributed by atoms with Crippen LogP contribution < -0.4 is 10.9 Å². The third-order valence-electron chi connectivity index (χ3n) is 5.39. The summed E-state index contributed by atoms with van der Waals surface area (Å²) in [7, 11) is 0. The summed E-state index contributed by atoms with van der Waals surface area (Å²) in [5.74, 6) is -0.0981. The van der Waals surface area contributed by atoms with Gasteiger partial charge in [0.1, 0.15) is 5.52 Å². The summed E-state index contributed by atoms with van der Waals surface area (Å²) in [6.45, 7) is 4.90. The lowest BCUT2D eigenvalue weighted by Gasteiger charge is -2.08. The molecule has 0 fully saturated rings. The molecule has 0 saturated heterocycles. The molecular weight excluding hydrogens is 456 g/mol. The van der Waals surface area contributed by atoms with Crippen LogP contribution >= 0.6 is 15.9 Å². The summed E-state index contributed by atoms with van der Waals surface area (Å²) < 4.78 is 4.15. The number of carbonyl (C=O) groups excluding carboxylic acids is 1. The maximum Gasteiger partial charge on any atom is 0.276 e. The molecule has 0 aliphatic heterocycles. The van der Waals surface area contributed by atoms with E-state index in [1.54, 1.807) is 27.5 Å². The van der Waals surface area contributed by atoms with Gasteiger partial charge in [-0.3, -0.25) is 9.59 Å². The average Bonchev–Trinajstić information content (AvgIpc) is 3.20. The molecule has 2 aromatic heterocycles. The Labute approximate surface area is 188 Å². The van der Waals surface area contributed by atoms with Gasteiger partial charge >= 0.3 is 0 Å². The van der Waals surface area contributed by atoms with Crippen molar-refractivity contribution in [3.8, 4) is 11.3 Å². The second-order valence-electron chi connectivity index (χ2n) is 7.61. The number of benzene rings is 2. The maximum absolute atomic E-state index is 12.9. The van der Waals surface area contributed by atoms with Crippen LogP contribution in [0.4, 0.5) is 0 Å². The van der Waals surface area contributed by atoms with Crippen LogP contribution in [0, 0.1) is 13.8 Å². The number of rotatable bonds is 6. The van der Waals surface area contributed by atoms with Gasteiger partial charge in [0.05, 0.1) is 5.69 Å². The lowest BCUT2D eigenvalue weighted by molar-refractivity contribution is -0.121. The minimum atomic E-state index is -0.161. The third-order valence-corrected chi connectivity index (χ3v) is 5.92. The van der Waals surface area contributed by atoms with Crippen molar-refractivity contribution in [3.63, 3.8) is 0 Å². The summed E-state index contributed by atoms with van der Waals surface area (Å²) >= 11 is 3.39. The fourth-order valence-electron chi connectivity index (χ4n) is 3.36. The van der Waals surface area contributed by atoms with E-state index in [1.165, 1.54) is 11.1 Å². The van der Waals surface area contributed by atoms with E-state index in [0.29, 0.717) is 18.6 Å². The maximum atomic E-state index is 12.9. The van der Waals surface area contributed by atoms with E-state index >= 15 is 0 Å². The van der Waals surface area contributed by atoms with Crippen LogP contribution in [0.15, 0.2) is 70.2 Å². The molecule has 4 aromatic rings. The first-order chi connectivity index (χ1) is 14.9. The standard InChI is InChI=1S/C24H23BrN4O2/c1-16-3-6-19(13-17(16)2)21-14-22-24(31)28(11-12-29(22)27-21)10-9-23(30)26-15-18-4-7-20(25)8-5-18/h3-8,11-14H,9-10,15H2,1-2H3,(H,26,30). The Bertz CT molecular complexity index is 1310. The van der Waals surface area contributed by atoms with Gasteiger partial charge in [-0.25, -0.2) is 4.52 Å². The van der Waals surface area contributed by atoms with E-state index in [-0.39, 0.29) is 17.9 Å². The number of fused-ring (bicyclic) bond motifs is 1. The first-order valence-corrected chi connectivity index (χ1v) is 10.9. The van der Waals surface area contributed by atoms with Crippen molar-refractivity contribution >= 4 is 27.4 Å². The van der Waals surface area contributed by atoms with E-state index in [9.17, 15) is 9.59 Å². The topological polar surface area (TPSA) is 68.4 Å². The molecule has 0 atom stereocenters. The molecule has 7 heteroatoms. The molecular formula is C24H23BrN4O2. The predicted octanol–water partition coefficient (Wildman–Crippen LogP) is 4.25. The van der Waals surface area contributed by atoms with Gasteiger partial charge in [0.15, 0.2) is 0 Å². The summed E-state index contributed by atoms with van der Waals surface area (Å²) in [4.78, 5) is 25.1. The van der Waals surface area contributed by atoms with Crippen LogP contribution in [0.1, 0.15) is 23.1 Å². The van der Waals surface area contributed by atoms with Crippen LogP contribution in [-0.4, -0.2) is 20.1 Å². The van der Waals surface area contributed by atoms with Gasteiger partial charge in [0.2, 0.25) is 5.91 Å². The van der Waals surface area contributed by atoms with Gasteiger partial charge in [-0.1, -0.05) is 40.2 Å². The van der Waals surface area contributed by atoms with Crippen molar-refractivity contribution in [2.75, 3.05) is 0 Å². The Morgan fingerprint density at radius 2 is 1.81 bits per heavy atom. The SMILES string of the molecule is Cc1ccc(-c2cc3c(=O)n(CCC(=O)NCc4ccc(Br)cc4)ccn3n2)cc1C. The number of aryl methyl sites for hydroxylation is 3. The quantitative estimate of drug-likeness (QED) is 0.450. The molecule has 1 amide bonds. The average molecular weight is 479 g/mol. The zero-order valence-corrected chi connectivity index (χ0v) is 19.0. The van der Waals surface area contributed by atoms with Crippen LogP contribution in [0.3, 0.4) is 0 Å². The van der Waals surface area contributed by atoms with Gasteiger partial charge in [0.25, 0.3) is 5.56 Å². The molecule has 1 N–H and O–H groups in total. The number of amides is 1. The third kappa shape index (κ3) is 4.77. The smallest absolute Gasteiger partial charge is 0.276 e. The van der Waals surface area contributed by atoms with Gasteiger partial charge in [-0.2, -0.15) is 5.10 Å². The molecule has 0 saturated carbocycles. The number of hydrogen-bond acceptors (Lipinski definition) is 3. The summed E-state index contributed by atoms with van der Waals surface area (Å²) in [5, 5.41) is 7.43. The van der Waals surface area contributed by atoms with Gasteiger partial charge in [0, 0.05) is 41.9 Å². The molecule has 158 valence electrons. The number of carbonyl (C=O) groups is 1. The largest absolute Gasteiger partial charge is 0.352 e. The first kappa shape index (κ1) is 21.1.